The fraction of sp³-hybridized carbons (Fsp3) is 0.444. The minimum atomic E-state index is -0.422. The number of hydrogen-bond donors (Lipinski definition) is 2. The third kappa shape index (κ3) is 5.96. The van der Waals surface area contributed by atoms with Crippen molar-refractivity contribution in [1.82, 2.24) is 25.3 Å². The Hall–Kier alpha value is -2.07. The number of rotatable bonds is 7. The minimum Gasteiger partial charge on any atom is -0.350 e. The monoisotopic (exact) mass is 422 g/mol. The molecule has 2 heterocycles. The molecule has 2 amide bonds. The van der Waals surface area contributed by atoms with Gasteiger partial charge in [-0.05, 0) is 38.2 Å². The quantitative estimate of drug-likeness (QED) is 0.661. The normalized spacial score (nSPS) is 15.4. The van der Waals surface area contributed by atoms with Crippen LogP contribution in [0.1, 0.15) is 26.0 Å². The van der Waals surface area contributed by atoms with E-state index in [0.717, 1.165) is 50.5 Å². The van der Waals surface area contributed by atoms with Gasteiger partial charge < -0.3 is 20.4 Å². The Morgan fingerprint density at radius 1 is 1.14 bits per heavy atom. The Balaban J connectivity index is 1.42. The first-order chi connectivity index (χ1) is 13.5. The summed E-state index contributed by atoms with van der Waals surface area (Å²) in [7, 11) is 2.13. The molecule has 1 aliphatic heterocycles. The average molecular weight is 423 g/mol. The summed E-state index contributed by atoms with van der Waals surface area (Å²) >= 11 is 6.87. The average Bonchev–Trinajstić information content (AvgIpc) is 3.17. The lowest BCUT2D eigenvalue weighted by Gasteiger charge is -2.32. The third-order valence-electron chi connectivity index (χ3n) is 4.43. The highest BCUT2D eigenvalue weighted by Gasteiger charge is 2.18. The Labute approximate surface area is 172 Å². The predicted molar refractivity (Wildman–Crippen MR) is 110 cm³/mol. The van der Waals surface area contributed by atoms with E-state index in [1.165, 1.54) is 0 Å². The molecule has 0 atom stereocenters. The first-order valence-corrected chi connectivity index (χ1v) is 10.3. The van der Waals surface area contributed by atoms with Gasteiger partial charge in [0.1, 0.15) is 0 Å². The first-order valence-electron chi connectivity index (χ1n) is 9.11. The van der Waals surface area contributed by atoms with Crippen molar-refractivity contribution in [2.45, 2.75) is 6.42 Å². The highest BCUT2D eigenvalue weighted by atomic mass is 35.5. The number of nitrogens with one attached hydrogen (secondary N) is 2. The molecule has 28 heavy (non-hydrogen) atoms. The molecule has 0 aliphatic carbocycles. The molecule has 0 saturated carbocycles. The molecule has 0 spiro atoms. The molecule has 8 nitrogen and oxygen atoms in total. The topological polar surface area (TPSA) is 90.5 Å². The van der Waals surface area contributed by atoms with Gasteiger partial charge in [0.2, 0.25) is 10.0 Å². The number of aromatic nitrogens is 2. The molecule has 1 aromatic carbocycles. The standard InChI is InChI=1S/C18H23ClN6O2S/c1-24-8-10-25(11-9-24)7-3-6-20-15(26)17-22-23-18(28-17)16(27)21-14-5-2-4-13(19)12-14/h2,4-5,12H,3,6-11H2,1H3,(H,20,26)(H,21,27). The number of anilines is 1. The Morgan fingerprint density at radius 3 is 2.57 bits per heavy atom. The largest absolute Gasteiger partial charge is 0.350 e. The van der Waals surface area contributed by atoms with Crippen LogP contribution in [-0.4, -0.2) is 78.1 Å². The molecule has 0 unspecified atom stereocenters. The van der Waals surface area contributed by atoms with Gasteiger partial charge in [-0.3, -0.25) is 9.59 Å². The van der Waals surface area contributed by atoms with Crippen LogP contribution in [0, 0.1) is 0 Å². The molecule has 0 bridgehead atoms. The van der Waals surface area contributed by atoms with Gasteiger partial charge in [-0.1, -0.05) is 29.0 Å². The molecule has 2 aromatic rings. The van der Waals surface area contributed by atoms with E-state index in [0.29, 0.717) is 17.3 Å². The van der Waals surface area contributed by atoms with Crippen LogP contribution < -0.4 is 10.6 Å². The summed E-state index contributed by atoms with van der Waals surface area (Å²) in [5, 5.41) is 14.0. The number of benzene rings is 1. The maximum absolute atomic E-state index is 12.2. The zero-order valence-electron chi connectivity index (χ0n) is 15.7. The van der Waals surface area contributed by atoms with Crippen molar-refractivity contribution in [2.75, 3.05) is 51.6 Å². The van der Waals surface area contributed by atoms with Gasteiger partial charge in [-0.25, -0.2) is 0 Å². The molecular weight excluding hydrogens is 400 g/mol. The second kappa shape index (κ2) is 9.92. The van der Waals surface area contributed by atoms with E-state index in [2.05, 4.69) is 37.7 Å². The summed E-state index contributed by atoms with van der Waals surface area (Å²) in [6, 6.07) is 6.81. The number of hydrogen-bond acceptors (Lipinski definition) is 7. The molecule has 1 saturated heterocycles. The fourth-order valence-electron chi connectivity index (χ4n) is 2.81. The van der Waals surface area contributed by atoms with Crippen molar-refractivity contribution in [1.29, 1.82) is 0 Å². The molecule has 1 aromatic heterocycles. The number of carbonyl (C=O) groups is 2. The van der Waals surface area contributed by atoms with Gasteiger partial charge in [0.05, 0.1) is 0 Å². The number of nitrogens with zero attached hydrogens (tertiary/aromatic N) is 4. The van der Waals surface area contributed by atoms with Crippen LogP contribution in [0.5, 0.6) is 0 Å². The lowest BCUT2D eigenvalue weighted by atomic mass is 10.3. The smallest absolute Gasteiger partial charge is 0.286 e. The predicted octanol–water partition coefficient (Wildman–Crippen LogP) is 1.81. The van der Waals surface area contributed by atoms with Crippen molar-refractivity contribution in [3.63, 3.8) is 0 Å². The second-order valence-electron chi connectivity index (χ2n) is 6.63. The van der Waals surface area contributed by atoms with Crippen molar-refractivity contribution in [3.05, 3.63) is 39.3 Å². The zero-order chi connectivity index (χ0) is 19.9. The molecule has 0 radical (unpaired) electrons. The molecule has 1 aliphatic rings. The van der Waals surface area contributed by atoms with Crippen LogP contribution in [0.4, 0.5) is 5.69 Å². The molecule has 150 valence electrons. The van der Waals surface area contributed by atoms with E-state index >= 15 is 0 Å². The highest BCUT2D eigenvalue weighted by molar-refractivity contribution is 7.15. The third-order valence-corrected chi connectivity index (χ3v) is 5.58. The summed E-state index contributed by atoms with van der Waals surface area (Å²) in [4.78, 5) is 29.1. The van der Waals surface area contributed by atoms with E-state index < -0.39 is 5.91 Å². The van der Waals surface area contributed by atoms with Crippen LogP contribution >= 0.6 is 22.9 Å². The van der Waals surface area contributed by atoms with Gasteiger partial charge >= 0.3 is 0 Å². The summed E-state index contributed by atoms with van der Waals surface area (Å²) < 4.78 is 0. The van der Waals surface area contributed by atoms with Gasteiger partial charge in [0.15, 0.2) is 0 Å². The Kier molecular flexibility index (Phi) is 7.32. The number of likely N-dealkylation sites (N-methyl/N-ethyl adjacent to an activating group) is 1. The summed E-state index contributed by atoms with van der Waals surface area (Å²) in [6.45, 7) is 5.80. The molecular formula is C18H23ClN6O2S. The SMILES string of the molecule is CN1CCN(CCCNC(=O)c2nnc(C(=O)Nc3cccc(Cl)c3)s2)CC1. The van der Waals surface area contributed by atoms with Crippen LogP contribution in [-0.2, 0) is 0 Å². The lowest BCUT2D eigenvalue weighted by molar-refractivity contribution is 0.0947. The van der Waals surface area contributed by atoms with Gasteiger partial charge in [0.25, 0.3) is 11.8 Å². The molecule has 10 heteroatoms. The number of amides is 2. The molecule has 1 fully saturated rings. The van der Waals surface area contributed by atoms with Crippen molar-refractivity contribution in [3.8, 4) is 0 Å². The minimum absolute atomic E-state index is 0.127. The Bertz CT molecular complexity index is 822. The van der Waals surface area contributed by atoms with Crippen LogP contribution in [0.25, 0.3) is 0 Å². The number of halogens is 1. The van der Waals surface area contributed by atoms with Crippen molar-refractivity contribution < 1.29 is 9.59 Å². The van der Waals surface area contributed by atoms with E-state index in [-0.39, 0.29) is 15.9 Å². The van der Waals surface area contributed by atoms with Crippen LogP contribution in [0.2, 0.25) is 5.02 Å². The summed E-state index contributed by atoms with van der Waals surface area (Å²) in [5.74, 6) is -0.730. The maximum Gasteiger partial charge on any atom is 0.286 e. The molecule has 3 rings (SSSR count). The fourth-order valence-corrected chi connectivity index (χ4v) is 3.65. The number of piperazine rings is 1. The zero-order valence-corrected chi connectivity index (χ0v) is 17.2. The van der Waals surface area contributed by atoms with Gasteiger partial charge in [-0.2, -0.15) is 0 Å². The summed E-state index contributed by atoms with van der Waals surface area (Å²) in [6.07, 6.45) is 0.871. The van der Waals surface area contributed by atoms with E-state index in [4.69, 9.17) is 11.6 Å². The highest BCUT2D eigenvalue weighted by Crippen LogP contribution is 2.17. The van der Waals surface area contributed by atoms with Crippen LogP contribution in [0.15, 0.2) is 24.3 Å². The van der Waals surface area contributed by atoms with Crippen molar-refractivity contribution in [2.24, 2.45) is 0 Å². The van der Waals surface area contributed by atoms with E-state index in [9.17, 15) is 9.59 Å². The van der Waals surface area contributed by atoms with Crippen molar-refractivity contribution >= 4 is 40.4 Å². The second-order valence-corrected chi connectivity index (χ2v) is 8.05. The molecule has 2 N–H and O–H groups in total. The summed E-state index contributed by atoms with van der Waals surface area (Å²) in [5.41, 5.74) is 0.558. The van der Waals surface area contributed by atoms with Gasteiger partial charge in [0, 0.05) is 43.4 Å². The Morgan fingerprint density at radius 2 is 1.86 bits per heavy atom. The van der Waals surface area contributed by atoms with E-state index in [1.54, 1.807) is 24.3 Å². The van der Waals surface area contributed by atoms with E-state index in [1.807, 2.05) is 0 Å². The van der Waals surface area contributed by atoms with Crippen LogP contribution in [0.3, 0.4) is 0 Å². The number of carbonyl (C=O) groups excluding carboxylic acids is 2. The lowest BCUT2D eigenvalue weighted by Crippen LogP contribution is -2.45. The van der Waals surface area contributed by atoms with Gasteiger partial charge in [-0.15, -0.1) is 10.2 Å². The maximum atomic E-state index is 12.2. The first kappa shape index (κ1) is 20.7.